The molecule has 0 bridgehead atoms. The summed E-state index contributed by atoms with van der Waals surface area (Å²) in [5.41, 5.74) is 6.47. The number of benzene rings is 3. The minimum absolute atomic E-state index is 0. The van der Waals surface area contributed by atoms with E-state index in [1.54, 1.807) is 12.4 Å². The second-order valence-electron chi connectivity index (χ2n) is 19.7. The van der Waals surface area contributed by atoms with Crippen LogP contribution in [0, 0.1) is 18.3 Å². The van der Waals surface area contributed by atoms with Crippen molar-refractivity contribution >= 4 is 23.8 Å². The minimum atomic E-state index is -0.238. The summed E-state index contributed by atoms with van der Waals surface area (Å²) in [4.78, 5) is 9.77. The average molecular weight is 727 g/mol. The molecule has 4 nitrogen and oxygen atoms in total. The third-order valence-corrected chi connectivity index (χ3v) is 8.98. The predicted octanol–water partition coefficient (Wildman–Crippen LogP) is 13.1. The maximum absolute atomic E-state index is 11.6. The Kier molecular flexibility index (Phi) is 14.2. The second-order valence-corrected chi connectivity index (χ2v) is 19.7. The molecule has 5 heteroatoms. The Bertz CT molecular complexity index is 1540. The Hall–Kier alpha value is -2.89. The molecule has 2 N–H and O–H groups in total. The van der Waals surface area contributed by atoms with E-state index in [4.69, 9.17) is 9.98 Å². The molecule has 0 aromatic heterocycles. The maximum atomic E-state index is 11.6. The van der Waals surface area contributed by atoms with E-state index in [1.807, 2.05) is 24.3 Å². The molecule has 3 aromatic carbocycles. The molecular formula is C45H67CoN2O2-. The SMILES string of the molecule is CC(C)(C)CC(C)(C)c1cc(C(C)(C)C)cc(C=Nc2ccccc2N=Cc2cc(C(C)(C)C)cc(C(C)(C)CC(C)(C)C)c2O)c1O.[CH3-].[Co]. The number of rotatable bonds is 8. The second kappa shape index (κ2) is 15.8. The Morgan fingerprint density at radius 3 is 1.08 bits per heavy atom. The fraction of sp³-hybridized carbons (Fsp3) is 0.533. The van der Waals surface area contributed by atoms with Crippen LogP contribution in [-0.2, 0) is 38.4 Å². The van der Waals surface area contributed by atoms with Crippen molar-refractivity contribution in [1.29, 1.82) is 0 Å². The summed E-state index contributed by atoms with van der Waals surface area (Å²) in [6.07, 6.45) is 5.38. The molecule has 0 aliphatic heterocycles. The number of nitrogens with zero attached hydrogens (tertiary/aromatic N) is 2. The normalized spacial score (nSPS) is 13.4. The van der Waals surface area contributed by atoms with Crippen LogP contribution in [0.5, 0.6) is 11.5 Å². The molecule has 0 heterocycles. The number of aromatic hydroxyl groups is 2. The van der Waals surface area contributed by atoms with Crippen LogP contribution >= 0.6 is 0 Å². The molecule has 50 heavy (non-hydrogen) atoms. The fourth-order valence-electron chi connectivity index (χ4n) is 7.21. The van der Waals surface area contributed by atoms with Gasteiger partial charge in [-0.3, -0.25) is 9.98 Å². The first-order chi connectivity index (χ1) is 21.6. The van der Waals surface area contributed by atoms with Gasteiger partial charge in [-0.1, -0.05) is 135 Å². The van der Waals surface area contributed by atoms with E-state index in [-0.39, 0.29) is 68.2 Å². The largest absolute Gasteiger partial charge is 0.507 e. The molecular weight excluding hydrogens is 659 g/mol. The molecule has 0 spiro atoms. The zero-order valence-electron chi connectivity index (χ0n) is 34.3. The molecule has 3 aromatic rings. The van der Waals surface area contributed by atoms with Gasteiger partial charge in [-0.05, 0) is 80.7 Å². The monoisotopic (exact) mass is 726 g/mol. The van der Waals surface area contributed by atoms with Crippen molar-refractivity contribution in [3.8, 4) is 11.5 Å². The van der Waals surface area contributed by atoms with Gasteiger partial charge in [-0.25, -0.2) is 0 Å². The first-order valence-electron chi connectivity index (χ1n) is 17.5. The van der Waals surface area contributed by atoms with Gasteiger partial charge >= 0.3 is 0 Å². The van der Waals surface area contributed by atoms with Gasteiger partial charge in [-0.15, -0.1) is 0 Å². The number of hydrogen-bond donors (Lipinski definition) is 2. The smallest absolute Gasteiger partial charge is 0.128 e. The molecule has 0 aliphatic rings. The molecule has 1 radical (unpaired) electrons. The number of para-hydroxylation sites is 2. The predicted molar refractivity (Wildman–Crippen MR) is 215 cm³/mol. The topological polar surface area (TPSA) is 65.2 Å². The van der Waals surface area contributed by atoms with Crippen LogP contribution in [0.4, 0.5) is 11.4 Å². The van der Waals surface area contributed by atoms with E-state index in [0.29, 0.717) is 22.5 Å². The minimum Gasteiger partial charge on any atom is -0.507 e. The number of aliphatic imine (C=N–C) groups is 2. The van der Waals surface area contributed by atoms with Crippen LogP contribution in [0.1, 0.15) is 157 Å². The molecule has 0 atom stereocenters. The van der Waals surface area contributed by atoms with Crippen LogP contribution in [-0.4, -0.2) is 22.6 Å². The van der Waals surface area contributed by atoms with E-state index in [1.165, 1.54) is 0 Å². The first kappa shape index (κ1) is 45.1. The molecule has 0 aliphatic carbocycles. The number of phenols is 2. The third kappa shape index (κ3) is 11.8. The Balaban J connectivity index is 0.00000625. The van der Waals surface area contributed by atoms with Crippen LogP contribution in [0.2, 0.25) is 0 Å². The van der Waals surface area contributed by atoms with E-state index < -0.39 is 0 Å². The molecule has 3 rings (SSSR count). The zero-order chi connectivity index (χ0) is 36.7. The Labute approximate surface area is 316 Å². The van der Waals surface area contributed by atoms with Gasteiger partial charge in [0.05, 0.1) is 11.4 Å². The van der Waals surface area contributed by atoms with Crippen LogP contribution in [0.3, 0.4) is 0 Å². The summed E-state index contributed by atoms with van der Waals surface area (Å²) in [5, 5.41) is 23.3. The van der Waals surface area contributed by atoms with Gasteiger partial charge in [-0.2, -0.15) is 0 Å². The molecule has 279 valence electrons. The summed E-state index contributed by atoms with van der Waals surface area (Å²) >= 11 is 0. The van der Waals surface area contributed by atoms with Gasteiger partial charge in [0.15, 0.2) is 0 Å². The Morgan fingerprint density at radius 2 is 0.820 bits per heavy atom. The van der Waals surface area contributed by atoms with Gasteiger partial charge in [0.25, 0.3) is 0 Å². The van der Waals surface area contributed by atoms with Gasteiger partial charge in [0.2, 0.25) is 0 Å². The van der Waals surface area contributed by atoms with E-state index in [9.17, 15) is 10.2 Å². The van der Waals surface area contributed by atoms with Crippen LogP contribution in [0.25, 0.3) is 0 Å². The Morgan fingerprint density at radius 1 is 0.520 bits per heavy atom. The zero-order valence-corrected chi connectivity index (χ0v) is 35.4. The molecule has 0 saturated heterocycles. The van der Waals surface area contributed by atoms with Crippen LogP contribution in [0.15, 0.2) is 58.5 Å². The molecule has 0 fully saturated rings. The van der Waals surface area contributed by atoms with Gasteiger partial charge in [0, 0.05) is 51.5 Å². The van der Waals surface area contributed by atoms with Crippen molar-refractivity contribution in [3.63, 3.8) is 0 Å². The molecule has 0 unspecified atom stereocenters. The van der Waals surface area contributed by atoms with E-state index in [0.717, 1.165) is 35.1 Å². The third-order valence-electron chi connectivity index (χ3n) is 8.98. The van der Waals surface area contributed by atoms with Crippen LogP contribution < -0.4 is 0 Å². The van der Waals surface area contributed by atoms with E-state index in [2.05, 4.69) is 135 Å². The van der Waals surface area contributed by atoms with Crippen molar-refractivity contribution in [2.75, 3.05) is 0 Å². The molecule has 0 saturated carbocycles. The van der Waals surface area contributed by atoms with Crippen molar-refractivity contribution in [2.24, 2.45) is 20.8 Å². The number of phenolic OH excluding ortho intramolecular Hbond substituents is 2. The van der Waals surface area contributed by atoms with E-state index >= 15 is 0 Å². The van der Waals surface area contributed by atoms with Crippen molar-refractivity contribution in [2.45, 2.75) is 145 Å². The molecule has 0 amide bonds. The quantitative estimate of drug-likeness (QED) is 0.179. The van der Waals surface area contributed by atoms with Gasteiger partial charge in [0.1, 0.15) is 11.5 Å². The van der Waals surface area contributed by atoms with Crippen molar-refractivity contribution < 1.29 is 27.0 Å². The number of hydrogen-bond acceptors (Lipinski definition) is 4. The standard InChI is InChI=1S/C44H64N2O2.CH3.Co/c1-39(2,3)27-43(13,14)33-23-31(41(7,8)9)21-29(37(33)47)25-45-35-19-17-18-20-36(35)46-26-30-22-32(42(10,11)12)24-34(38(30)48)44(15,16)28-40(4,5)6;;/h17-26,47-48H,27-28H2,1-16H3;1H3;/q;-1;. The summed E-state index contributed by atoms with van der Waals surface area (Å²) in [6.45, 7) is 35.5. The fourth-order valence-corrected chi connectivity index (χ4v) is 7.21. The summed E-state index contributed by atoms with van der Waals surface area (Å²) < 4.78 is 0. The summed E-state index contributed by atoms with van der Waals surface area (Å²) in [5.74, 6) is 0.549. The van der Waals surface area contributed by atoms with Crippen molar-refractivity contribution in [3.05, 3.63) is 89.3 Å². The average Bonchev–Trinajstić information content (AvgIpc) is 2.88. The van der Waals surface area contributed by atoms with Crippen molar-refractivity contribution in [1.82, 2.24) is 0 Å². The summed E-state index contributed by atoms with van der Waals surface area (Å²) in [6, 6.07) is 16.2. The van der Waals surface area contributed by atoms with Gasteiger partial charge < -0.3 is 17.6 Å². The maximum Gasteiger partial charge on any atom is 0.128 e. The first-order valence-corrected chi connectivity index (χ1v) is 17.5. The summed E-state index contributed by atoms with van der Waals surface area (Å²) in [7, 11) is 0.